The second-order valence-electron chi connectivity index (χ2n) is 5.98. The fourth-order valence-corrected chi connectivity index (χ4v) is 2.84. The summed E-state index contributed by atoms with van der Waals surface area (Å²) < 4.78 is 40.9. The molecule has 0 fully saturated rings. The van der Waals surface area contributed by atoms with Gasteiger partial charge in [-0.25, -0.2) is 4.98 Å². The van der Waals surface area contributed by atoms with Gasteiger partial charge in [-0.15, -0.1) is 0 Å². The smallest absolute Gasteiger partial charge is 0.295 e. The summed E-state index contributed by atoms with van der Waals surface area (Å²) in [7, 11) is 0. The normalized spacial score (nSPS) is 13.2. The molecule has 0 amide bonds. The molecule has 0 aliphatic heterocycles. The molecule has 2 aromatic heterocycles. The molecule has 25 heavy (non-hydrogen) atoms. The van der Waals surface area contributed by atoms with Crippen LogP contribution in [0.1, 0.15) is 29.9 Å². The van der Waals surface area contributed by atoms with Crippen LogP contribution in [0, 0.1) is 6.92 Å². The van der Waals surface area contributed by atoms with Crippen molar-refractivity contribution >= 4 is 10.9 Å². The maximum atomic E-state index is 13.2. The molecular weight excluding hydrogens is 331 g/mol. The van der Waals surface area contributed by atoms with E-state index in [0.29, 0.717) is 6.42 Å². The van der Waals surface area contributed by atoms with Crippen molar-refractivity contribution in [2.45, 2.75) is 32.5 Å². The molecule has 4 nitrogen and oxygen atoms in total. The first-order valence-electron chi connectivity index (χ1n) is 7.77. The summed E-state index contributed by atoms with van der Waals surface area (Å²) in [5, 5.41) is -0.401. The number of aromatic nitrogens is 3. The summed E-state index contributed by atoms with van der Waals surface area (Å²) in [5.74, 6) is 0. The van der Waals surface area contributed by atoms with Crippen molar-refractivity contribution in [2.75, 3.05) is 0 Å². The highest BCUT2D eigenvalue weighted by molar-refractivity contribution is 5.81. The molecule has 0 aliphatic carbocycles. The highest BCUT2D eigenvalue weighted by Crippen LogP contribution is 2.32. The Balaban J connectivity index is 2.08. The number of nitrogens with zero attached hydrogens (tertiary/aromatic N) is 3. The summed E-state index contributed by atoms with van der Waals surface area (Å²) in [6.45, 7) is 3.61. The molecule has 0 radical (unpaired) electrons. The first kappa shape index (κ1) is 17.1. The molecule has 0 bridgehead atoms. The van der Waals surface area contributed by atoms with E-state index in [1.807, 2.05) is 25.1 Å². The number of hydrogen-bond acceptors (Lipinski definition) is 3. The third-order valence-corrected chi connectivity index (χ3v) is 4.04. The van der Waals surface area contributed by atoms with Gasteiger partial charge in [0.1, 0.15) is 0 Å². The van der Waals surface area contributed by atoms with Gasteiger partial charge in [0.15, 0.2) is 0 Å². The van der Waals surface area contributed by atoms with Crippen molar-refractivity contribution in [3.63, 3.8) is 0 Å². The zero-order valence-corrected chi connectivity index (χ0v) is 13.7. The summed E-state index contributed by atoms with van der Waals surface area (Å²) in [6, 6.07) is 8.72. The Morgan fingerprint density at radius 1 is 1.16 bits per heavy atom. The third kappa shape index (κ3) is 3.40. The second-order valence-corrected chi connectivity index (χ2v) is 5.98. The predicted octanol–water partition coefficient (Wildman–Crippen LogP) is 3.92. The summed E-state index contributed by atoms with van der Waals surface area (Å²) >= 11 is 0. The lowest BCUT2D eigenvalue weighted by Crippen LogP contribution is -2.27. The van der Waals surface area contributed by atoms with E-state index >= 15 is 0 Å². The Morgan fingerprint density at radius 3 is 2.56 bits per heavy atom. The van der Waals surface area contributed by atoms with Crippen LogP contribution in [0.2, 0.25) is 0 Å². The van der Waals surface area contributed by atoms with Crippen LogP contribution in [0.25, 0.3) is 10.9 Å². The first-order chi connectivity index (χ1) is 11.8. The maximum Gasteiger partial charge on any atom is 0.417 e. The van der Waals surface area contributed by atoms with Gasteiger partial charge in [0.05, 0.1) is 22.8 Å². The quantitative estimate of drug-likeness (QED) is 0.721. The van der Waals surface area contributed by atoms with Crippen LogP contribution in [0.5, 0.6) is 0 Å². The van der Waals surface area contributed by atoms with Crippen molar-refractivity contribution in [3.05, 3.63) is 70.0 Å². The van der Waals surface area contributed by atoms with E-state index in [2.05, 4.69) is 9.97 Å². The van der Waals surface area contributed by atoms with Crippen LogP contribution >= 0.6 is 0 Å². The van der Waals surface area contributed by atoms with Crippen LogP contribution in [0.4, 0.5) is 13.2 Å². The lowest BCUT2D eigenvalue weighted by atomic mass is 10.1. The fraction of sp³-hybridized carbons (Fsp3) is 0.278. The lowest BCUT2D eigenvalue weighted by molar-refractivity contribution is -0.136. The van der Waals surface area contributed by atoms with Crippen LogP contribution in [0.3, 0.4) is 0 Å². The Hall–Kier alpha value is -2.70. The number of benzene rings is 1. The van der Waals surface area contributed by atoms with Gasteiger partial charge < -0.3 is 0 Å². The van der Waals surface area contributed by atoms with Crippen LogP contribution < -0.4 is 5.56 Å². The number of aryl methyl sites for hydroxylation is 1. The Labute approximate surface area is 142 Å². The highest BCUT2D eigenvalue weighted by atomic mass is 19.4. The van der Waals surface area contributed by atoms with E-state index in [-0.39, 0.29) is 11.6 Å². The van der Waals surface area contributed by atoms with Crippen LogP contribution in [-0.2, 0) is 12.6 Å². The van der Waals surface area contributed by atoms with Crippen LogP contribution in [0.15, 0.2) is 47.5 Å². The molecule has 0 aliphatic rings. The zero-order valence-electron chi connectivity index (χ0n) is 13.7. The molecule has 3 aromatic rings. The van der Waals surface area contributed by atoms with Gasteiger partial charge in [-0.2, -0.15) is 13.2 Å². The van der Waals surface area contributed by atoms with Crippen molar-refractivity contribution in [1.29, 1.82) is 0 Å². The van der Waals surface area contributed by atoms with Gasteiger partial charge in [0.2, 0.25) is 0 Å². The molecule has 7 heteroatoms. The SMILES string of the molecule is Cc1cccc(CC(C)n2cnc3cccc(C(F)(F)F)c3c2=O)n1. The van der Waals surface area contributed by atoms with Crippen molar-refractivity contribution < 1.29 is 13.2 Å². The molecule has 2 heterocycles. The molecule has 1 unspecified atom stereocenters. The van der Waals surface area contributed by atoms with Gasteiger partial charge in [0, 0.05) is 23.9 Å². The number of halogens is 3. The number of hydrogen-bond donors (Lipinski definition) is 0. The molecular formula is C18H16F3N3O. The van der Waals surface area contributed by atoms with Gasteiger partial charge in [-0.1, -0.05) is 12.1 Å². The van der Waals surface area contributed by atoms with E-state index in [0.717, 1.165) is 17.5 Å². The predicted molar refractivity (Wildman–Crippen MR) is 88.4 cm³/mol. The Morgan fingerprint density at radius 2 is 1.88 bits per heavy atom. The Kier molecular flexibility index (Phi) is 4.32. The van der Waals surface area contributed by atoms with Crippen LogP contribution in [-0.4, -0.2) is 14.5 Å². The summed E-state index contributed by atoms with van der Waals surface area (Å²) in [4.78, 5) is 21.1. The second kappa shape index (κ2) is 6.31. The monoisotopic (exact) mass is 347 g/mol. The van der Waals surface area contributed by atoms with E-state index in [1.54, 1.807) is 6.92 Å². The molecule has 3 rings (SSSR count). The first-order valence-corrected chi connectivity index (χ1v) is 7.77. The van der Waals surface area contributed by atoms with Crippen molar-refractivity contribution in [2.24, 2.45) is 0 Å². The molecule has 0 spiro atoms. The highest BCUT2D eigenvalue weighted by Gasteiger charge is 2.34. The number of pyridine rings is 1. The Bertz CT molecular complexity index is 979. The van der Waals surface area contributed by atoms with Gasteiger partial charge in [-0.05, 0) is 38.1 Å². The largest absolute Gasteiger partial charge is 0.417 e. The minimum absolute atomic E-state index is 0.0388. The molecule has 1 atom stereocenters. The minimum Gasteiger partial charge on any atom is -0.295 e. The van der Waals surface area contributed by atoms with E-state index in [4.69, 9.17) is 0 Å². The number of alkyl halides is 3. The fourth-order valence-electron chi connectivity index (χ4n) is 2.84. The maximum absolute atomic E-state index is 13.2. The lowest BCUT2D eigenvalue weighted by Gasteiger charge is -2.16. The van der Waals surface area contributed by atoms with Crippen molar-refractivity contribution in [3.8, 4) is 0 Å². The van der Waals surface area contributed by atoms with E-state index in [1.165, 1.54) is 23.0 Å². The molecule has 0 saturated carbocycles. The minimum atomic E-state index is -4.61. The van der Waals surface area contributed by atoms with E-state index < -0.39 is 22.7 Å². The van der Waals surface area contributed by atoms with Crippen molar-refractivity contribution in [1.82, 2.24) is 14.5 Å². The molecule has 130 valence electrons. The van der Waals surface area contributed by atoms with Gasteiger partial charge in [0.25, 0.3) is 5.56 Å². The topological polar surface area (TPSA) is 47.8 Å². The summed E-state index contributed by atoms with van der Waals surface area (Å²) in [6.07, 6.45) is -2.89. The molecule has 1 aromatic carbocycles. The van der Waals surface area contributed by atoms with E-state index in [9.17, 15) is 18.0 Å². The molecule has 0 N–H and O–H groups in total. The standard InChI is InChI=1S/C18H16F3N3O/c1-11-5-3-6-13(23-11)9-12(2)24-10-22-15-8-4-7-14(18(19,20)21)16(15)17(24)25/h3-8,10,12H,9H2,1-2H3. The zero-order chi connectivity index (χ0) is 18.2. The van der Waals surface area contributed by atoms with Gasteiger partial charge >= 0.3 is 6.18 Å². The average Bonchev–Trinajstić information content (AvgIpc) is 2.53. The molecule has 0 saturated heterocycles. The average molecular weight is 347 g/mol. The van der Waals surface area contributed by atoms with Gasteiger partial charge in [-0.3, -0.25) is 14.3 Å². The summed E-state index contributed by atoms with van der Waals surface area (Å²) in [5.41, 5.74) is -0.00981. The number of rotatable bonds is 3. The third-order valence-electron chi connectivity index (χ3n) is 4.04. The number of fused-ring (bicyclic) bond motifs is 1.